The van der Waals surface area contributed by atoms with Gasteiger partial charge in [0.25, 0.3) is 0 Å². The molecule has 0 fully saturated rings. The van der Waals surface area contributed by atoms with E-state index in [1.165, 1.54) is 11.8 Å². The number of ether oxygens (including phenoxy) is 1. The number of hydrogen-bond acceptors (Lipinski definition) is 4. The molecule has 0 aromatic heterocycles. The summed E-state index contributed by atoms with van der Waals surface area (Å²) in [4.78, 5) is 0. The Labute approximate surface area is 128 Å². The van der Waals surface area contributed by atoms with Crippen LogP contribution in [0.2, 0.25) is 0 Å². The Hall–Kier alpha value is -0.630. The Balaban J connectivity index is 1.63. The summed E-state index contributed by atoms with van der Waals surface area (Å²) in [6, 6.07) is 6.05. The molecule has 1 aromatic carbocycles. The number of rotatable bonds is 7. The Kier molecular flexibility index (Phi) is 5.42. The Morgan fingerprint density at radius 3 is 2.95 bits per heavy atom. The van der Waals surface area contributed by atoms with E-state index in [2.05, 4.69) is 32.0 Å². The number of fused-ring (bicyclic) bond motifs is 1. The van der Waals surface area contributed by atoms with Gasteiger partial charge in [-0.05, 0) is 36.7 Å². The molecule has 0 spiro atoms. The molecule has 112 valence electrons. The maximum absolute atomic E-state index is 10.9. The first-order valence-electron chi connectivity index (χ1n) is 6.54. The summed E-state index contributed by atoms with van der Waals surface area (Å²) in [6.07, 6.45) is 2.99. The average molecular weight is 363 g/mol. The average Bonchev–Trinajstić information content (AvgIpc) is 2.74. The van der Waals surface area contributed by atoms with Gasteiger partial charge in [-0.3, -0.25) is 0 Å². The number of halogens is 1. The summed E-state index contributed by atoms with van der Waals surface area (Å²) in [5.74, 6) is 0.957. The van der Waals surface area contributed by atoms with Gasteiger partial charge in [0.15, 0.2) is 0 Å². The quantitative estimate of drug-likeness (QED) is 0.717. The second-order valence-electron chi connectivity index (χ2n) is 4.92. The summed E-state index contributed by atoms with van der Waals surface area (Å²) >= 11 is 3.45. The molecule has 1 unspecified atom stereocenters. The molecule has 0 aliphatic carbocycles. The van der Waals surface area contributed by atoms with E-state index >= 15 is 0 Å². The van der Waals surface area contributed by atoms with Crippen molar-refractivity contribution in [3.63, 3.8) is 0 Å². The standard InChI is InChI=1S/C13H19BrN2O3S/c1-20(17,18)16-6-2-5-15-9-12-8-10-7-11(14)3-4-13(10)19-12/h3-4,7,12,15-16H,2,5-6,8-9H2,1H3. The van der Waals surface area contributed by atoms with Crippen molar-refractivity contribution in [2.45, 2.75) is 18.9 Å². The summed E-state index contributed by atoms with van der Waals surface area (Å²) in [5.41, 5.74) is 1.23. The molecule has 0 bridgehead atoms. The van der Waals surface area contributed by atoms with Gasteiger partial charge in [0.2, 0.25) is 10.0 Å². The third-order valence-electron chi connectivity index (χ3n) is 3.03. The van der Waals surface area contributed by atoms with Crippen LogP contribution in [0.25, 0.3) is 0 Å². The van der Waals surface area contributed by atoms with E-state index in [-0.39, 0.29) is 6.10 Å². The van der Waals surface area contributed by atoms with Crippen LogP contribution in [0, 0.1) is 0 Å². The molecule has 0 saturated carbocycles. The minimum absolute atomic E-state index is 0.155. The van der Waals surface area contributed by atoms with Crippen LogP contribution in [-0.4, -0.2) is 40.4 Å². The zero-order chi connectivity index (χ0) is 14.6. The molecule has 1 aliphatic rings. The number of benzene rings is 1. The first-order chi connectivity index (χ1) is 9.44. The summed E-state index contributed by atoms with van der Waals surface area (Å²) in [7, 11) is -3.07. The Bertz CT molecular complexity index is 563. The van der Waals surface area contributed by atoms with E-state index in [0.29, 0.717) is 6.54 Å². The number of hydrogen-bond donors (Lipinski definition) is 2. The molecule has 1 atom stereocenters. The second kappa shape index (κ2) is 6.89. The maximum atomic E-state index is 10.9. The molecular weight excluding hydrogens is 344 g/mol. The molecule has 0 amide bonds. The summed E-state index contributed by atoms with van der Waals surface area (Å²) in [6.45, 7) is 2.00. The molecule has 20 heavy (non-hydrogen) atoms. The highest BCUT2D eigenvalue weighted by Gasteiger charge is 2.22. The van der Waals surface area contributed by atoms with Gasteiger partial charge in [-0.15, -0.1) is 0 Å². The monoisotopic (exact) mass is 362 g/mol. The van der Waals surface area contributed by atoms with Crippen LogP contribution < -0.4 is 14.8 Å². The van der Waals surface area contributed by atoms with E-state index in [1.807, 2.05) is 12.1 Å². The van der Waals surface area contributed by atoms with Crippen LogP contribution in [0.4, 0.5) is 0 Å². The lowest BCUT2D eigenvalue weighted by Gasteiger charge is -2.11. The molecule has 7 heteroatoms. The van der Waals surface area contributed by atoms with Crippen LogP contribution in [0.1, 0.15) is 12.0 Å². The molecule has 1 aromatic rings. The molecule has 0 saturated heterocycles. The minimum Gasteiger partial charge on any atom is -0.488 e. The smallest absolute Gasteiger partial charge is 0.208 e. The van der Waals surface area contributed by atoms with E-state index in [0.717, 1.165) is 36.2 Å². The third-order valence-corrected chi connectivity index (χ3v) is 4.25. The highest BCUT2D eigenvalue weighted by atomic mass is 79.9. The van der Waals surface area contributed by atoms with Gasteiger partial charge in [0.05, 0.1) is 6.26 Å². The first kappa shape index (κ1) is 15.8. The van der Waals surface area contributed by atoms with E-state index in [9.17, 15) is 8.42 Å². The molecule has 5 nitrogen and oxygen atoms in total. The predicted molar refractivity (Wildman–Crippen MR) is 82.6 cm³/mol. The number of nitrogens with one attached hydrogen (secondary N) is 2. The fourth-order valence-corrected chi connectivity index (χ4v) is 3.06. The van der Waals surface area contributed by atoms with Gasteiger partial charge in [-0.25, -0.2) is 13.1 Å². The van der Waals surface area contributed by atoms with Crippen LogP contribution in [0.15, 0.2) is 22.7 Å². The van der Waals surface area contributed by atoms with Crippen molar-refractivity contribution >= 4 is 26.0 Å². The van der Waals surface area contributed by atoms with Crippen molar-refractivity contribution in [2.24, 2.45) is 0 Å². The molecule has 2 rings (SSSR count). The minimum atomic E-state index is -3.07. The van der Waals surface area contributed by atoms with Crippen molar-refractivity contribution in [2.75, 3.05) is 25.9 Å². The zero-order valence-electron chi connectivity index (χ0n) is 11.4. The second-order valence-corrected chi connectivity index (χ2v) is 7.67. The Morgan fingerprint density at radius 1 is 1.40 bits per heavy atom. The van der Waals surface area contributed by atoms with Gasteiger partial charge in [0, 0.05) is 24.0 Å². The highest BCUT2D eigenvalue weighted by molar-refractivity contribution is 9.10. The topological polar surface area (TPSA) is 67.4 Å². The zero-order valence-corrected chi connectivity index (χ0v) is 13.8. The summed E-state index contributed by atoms with van der Waals surface area (Å²) in [5, 5.41) is 3.29. The lowest BCUT2D eigenvalue weighted by Crippen LogP contribution is -2.32. The summed E-state index contributed by atoms with van der Waals surface area (Å²) < 4.78 is 31.1. The molecule has 1 aliphatic heterocycles. The predicted octanol–water partition coefficient (Wildman–Crippen LogP) is 1.28. The maximum Gasteiger partial charge on any atom is 0.208 e. The Morgan fingerprint density at radius 2 is 2.20 bits per heavy atom. The van der Waals surface area contributed by atoms with Crippen LogP contribution in [0.3, 0.4) is 0 Å². The van der Waals surface area contributed by atoms with Crippen LogP contribution >= 0.6 is 15.9 Å². The highest BCUT2D eigenvalue weighted by Crippen LogP contribution is 2.30. The normalized spacial score (nSPS) is 17.8. The van der Waals surface area contributed by atoms with Crippen molar-refractivity contribution < 1.29 is 13.2 Å². The van der Waals surface area contributed by atoms with Crippen molar-refractivity contribution in [3.05, 3.63) is 28.2 Å². The third kappa shape index (κ3) is 5.05. The van der Waals surface area contributed by atoms with Crippen LogP contribution in [0.5, 0.6) is 5.75 Å². The SMILES string of the molecule is CS(=O)(=O)NCCCNCC1Cc2cc(Br)ccc2O1. The van der Waals surface area contributed by atoms with Gasteiger partial charge in [0.1, 0.15) is 11.9 Å². The van der Waals surface area contributed by atoms with E-state index in [1.54, 1.807) is 0 Å². The lowest BCUT2D eigenvalue weighted by molar-refractivity contribution is 0.228. The largest absolute Gasteiger partial charge is 0.488 e. The number of sulfonamides is 1. The van der Waals surface area contributed by atoms with E-state index in [4.69, 9.17) is 4.74 Å². The molecular formula is C13H19BrN2O3S. The molecule has 0 radical (unpaired) electrons. The molecule has 2 N–H and O–H groups in total. The van der Waals surface area contributed by atoms with Gasteiger partial charge in [-0.1, -0.05) is 15.9 Å². The fraction of sp³-hybridized carbons (Fsp3) is 0.538. The first-order valence-corrected chi connectivity index (χ1v) is 9.23. The van der Waals surface area contributed by atoms with Gasteiger partial charge >= 0.3 is 0 Å². The van der Waals surface area contributed by atoms with Crippen molar-refractivity contribution in [1.29, 1.82) is 0 Å². The van der Waals surface area contributed by atoms with Gasteiger partial charge < -0.3 is 10.1 Å². The fourth-order valence-electron chi connectivity index (χ4n) is 2.14. The molecule has 1 heterocycles. The van der Waals surface area contributed by atoms with Crippen molar-refractivity contribution in [3.8, 4) is 5.75 Å². The van der Waals surface area contributed by atoms with Gasteiger partial charge in [-0.2, -0.15) is 0 Å². The van der Waals surface area contributed by atoms with E-state index < -0.39 is 10.0 Å². The van der Waals surface area contributed by atoms with Crippen LogP contribution in [-0.2, 0) is 16.4 Å². The van der Waals surface area contributed by atoms with Crippen molar-refractivity contribution in [1.82, 2.24) is 10.0 Å². The lowest BCUT2D eigenvalue weighted by atomic mass is 10.1.